The highest BCUT2D eigenvalue weighted by molar-refractivity contribution is 5.33. The summed E-state index contributed by atoms with van der Waals surface area (Å²) in [7, 11) is 0. The molecule has 1 aromatic carbocycles. The molecule has 0 amide bonds. The number of aliphatic hydroxyl groups is 2. The van der Waals surface area contributed by atoms with Crippen molar-refractivity contribution in [1.82, 2.24) is 0 Å². The van der Waals surface area contributed by atoms with Crippen LogP contribution in [0.1, 0.15) is 11.1 Å². The van der Waals surface area contributed by atoms with Gasteiger partial charge >= 0.3 is 6.18 Å². The van der Waals surface area contributed by atoms with E-state index in [1.165, 1.54) is 6.07 Å². The molecule has 0 saturated carbocycles. The van der Waals surface area contributed by atoms with Gasteiger partial charge in [0.2, 0.25) is 0 Å². The molecule has 77 valence electrons. The minimum atomic E-state index is -4.62. The fourth-order valence-corrected chi connectivity index (χ4v) is 1.08. The number of rotatable bonds is 1. The van der Waals surface area contributed by atoms with E-state index in [1.807, 2.05) is 0 Å². The van der Waals surface area contributed by atoms with Crippen molar-refractivity contribution in [1.29, 1.82) is 0 Å². The molecule has 0 saturated heterocycles. The van der Waals surface area contributed by atoms with Crippen molar-refractivity contribution in [3.05, 3.63) is 42.3 Å². The number of halogens is 3. The third-order valence-electron chi connectivity index (χ3n) is 1.66. The van der Waals surface area contributed by atoms with E-state index in [1.54, 1.807) is 0 Å². The molecule has 1 rings (SSSR count). The summed E-state index contributed by atoms with van der Waals surface area (Å²) in [5.74, 6) is -2.73. The zero-order valence-electron chi connectivity index (χ0n) is 7.04. The Morgan fingerprint density at radius 2 is 1.43 bits per heavy atom. The van der Waals surface area contributed by atoms with E-state index in [2.05, 4.69) is 6.92 Å². The molecule has 5 heteroatoms. The lowest BCUT2D eigenvalue weighted by molar-refractivity contribution is -0.156. The predicted molar refractivity (Wildman–Crippen MR) is 42.9 cm³/mol. The maximum atomic E-state index is 12.3. The van der Waals surface area contributed by atoms with Crippen molar-refractivity contribution in [2.24, 2.45) is 0 Å². The monoisotopic (exact) mass is 205 g/mol. The summed E-state index contributed by atoms with van der Waals surface area (Å²) >= 11 is 0. The summed E-state index contributed by atoms with van der Waals surface area (Å²) in [6.07, 6.45) is -4.62. The standard InChI is InChI=1S/C9H8F3O2/c1-8(13,14)6-4-2-3-5-7(6)9(10,11)12/h2-5,13-14H,1H2. The van der Waals surface area contributed by atoms with Gasteiger partial charge < -0.3 is 10.2 Å². The fourth-order valence-electron chi connectivity index (χ4n) is 1.08. The molecule has 0 aromatic heterocycles. The summed E-state index contributed by atoms with van der Waals surface area (Å²) in [5, 5.41) is 18.0. The maximum absolute atomic E-state index is 12.3. The Kier molecular flexibility index (Phi) is 2.56. The van der Waals surface area contributed by atoms with Crippen LogP contribution in [0.3, 0.4) is 0 Å². The van der Waals surface area contributed by atoms with E-state index in [4.69, 9.17) is 10.2 Å². The molecule has 0 aliphatic rings. The second-order valence-electron chi connectivity index (χ2n) is 2.86. The van der Waals surface area contributed by atoms with Crippen LogP contribution >= 0.6 is 0 Å². The summed E-state index contributed by atoms with van der Waals surface area (Å²) < 4.78 is 37.0. The van der Waals surface area contributed by atoms with E-state index >= 15 is 0 Å². The van der Waals surface area contributed by atoms with E-state index in [0.29, 0.717) is 0 Å². The van der Waals surface area contributed by atoms with Crippen molar-refractivity contribution < 1.29 is 23.4 Å². The zero-order chi connectivity index (χ0) is 11.0. The highest BCUT2D eigenvalue weighted by atomic mass is 19.4. The van der Waals surface area contributed by atoms with Crippen molar-refractivity contribution in [3.8, 4) is 0 Å². The van der Waals surface area contributed by atoms with E-state index in [9.17, 15) is 13.2 Å². The van der Waals surface area contributed by atoms with Gasteiger partial charge in [-0.1, -0.05) is 18.2 Å². The smallest absolute Gasteiger partial charge is 0.362 e. The molecule has 1 radical (unpaired) electrons. The Hall–Kier alpha value is -1.07. The molecule has 0 spiro atoms. The first kappa shape index (κ1) is 11.0. The molecular formula is C9H8F3O2. The van der Waals surface area contributed by atoms with Crippen LogP contribution in [0.25, 0.3) is 0 Å². The molecule has 0 heterocycles. The number of hydrogen-bond donors (Lipinski definition) is 2. The molecule has 0 aliphatic carbocycles. The SMILES string of the molecule is [CH2]C(O)(O)c1ccccc1C(F)(F)F. The van der Waals surface area contributed by atoms with Gasteiger partial charge in [0, 0.05) is 12.5 Å². The van der Waals surface area contributed by atoms with Gasteiger partial charge in [-0.15, -0.1) is 0 Å². The lowest BCUT2D eigenvalue weighted by Gasteiger charge is -2.21. The maximum Gasteiger partial charge on any atom is 0.416 e. The summed E-state index contributed by atoms with van der Waals surface area (Å²) in [6.45, 7) is 2.83. The molecule has 0 fully saturated rings. The Morgan fingerprint density at radius 1 is 1.00 bits per heavy atom. The van der Waals surface area contributed by atoms with Crippen LogP contribution in [-0.4, -0.2) is 10.2 Å². The van der Waals surface area contributed by atoms with Gasteiger partial charge in [-0.05, 0) is 6.07 Å². The predicted octanol–water partition coefficient (Wildman–Crippen LogP) is 1.68. The molecule has 0 atom stereocenters. The van der Waals surface area contributed by atoms with Gasteiger partial charge in [-0.3, -0.25) is 0 Å². The van der Waals surface area contributed by atoms with Gasteiger partial charge in [0.15, 0.2) is 5.79 Å². The lowest BCUT2D eigenvalue weighted by atomic mass is 10.0. The highest BCUT2D eigenvalue weighted by Crippen LogP contribution is 2.35. The van der Waals surface area contributed by atoms with Crippen LogP contribution in [0.4, 0.5) is 13.2 Å². The van der Waals surface area contributed by atoms with Crippen molar-refractivity contribution in [2.75, 3.05) is 0 Å². The quantitative estimate of drug-likeness (QED) is 0.685. The van der Waals surface area contributed by atoms with Gasteiger partial charge in [0.25, 0.3) is 0 Å². The Balaban J connectivity index is 3.31. The summed E-state index contributed by atoms with van der Waals surface area (Å²) in [6, 6.07) is 4.17. The molecule has 1 aromatic rings. The molecule has 0 aliphatic heterocycles. The fraction of sp³-hybridized carbons (Fsp3) is 0.222. The van der Waals surface area contributed by atoms with Gasteiger partial charge in [0.1, 0.15) is 0 Å². The molecule has 0 bridgehead atoms. The van der Waals surface area contributed by atoms with Crippen LogP contribution in [-0.2, 0) is 12.0 Å². The van der Waals surface area contributed by atoms with Gasteiger partial charge in [-0.25, -0.2) is 0 Å². The second-order valence-corrected chi connectivity index (χ2v) is 2.86. The minimum absolute atomic E-state index is 0.660. The first-order valence-corrected chi connectivity index (χ1v) is 3.70. The largest absolute Gasteiger partial charge is 0.416 e. The van der Waals surface area contributed by atoms with E-state index in [-0.39, 0.29) is 0 Å². The van der Waals surface area contributed by atoms with Crippen LogP contribution in [0, 0.1) is 6.92 Å². The van der Waals surface area contributed by atoms with Crippen LogP contribution < -0.4 is 0 Å². The first-order valence-electron chi connectivity index (χ1n) is 3.70. The van der Waals surface area contributed by atoms with E-state index in [0.717, 1.165) is 18.2 Å². The third-order valence-corrected chi connectivity index (χ3v) is 1.66. The normalized spacial score (nSPS) is 13.0. The topological polar surface area (TPSA) is 40.5 Å². The average molecular weight is 205 g/mol. The third kappa shape index (κ3) is 2.24. The van der Waals surface area contributed by atoms with Crippen molar-refractivity contribution in [2.45, 2.75) is 12.0 Å². The molecule has 2 nitrogen and oxygen atoms in total. The Morgan fingerprint density at radius 3 is 1.71 bits per heavy atom. The van der Waals surface area contributed by atoms with Gasteiger partial charge in [0.05, 0.1) is 5.56 Å². The molecular weight excluding hydrogens is 197 g/mol. The minimum Gasteiger partial charge on any atom is -0.362 e. The van der Waals surface area contributed by atoms with Gasteiger partial charge in [-0.2, -0.15) is 13.2 Å². The average Bonchev–Trinajstić information content (AvgIpc) is 2.01. The van der Waals surface area contributed by atoms with Crippen molar-refractivity contribution in [3.63, 3.8) is 0 Å². The Bertz CT molecular complexity index is 293. The summed E-state index contributed by atoms with van der Waals surface area (Å²) in [5.41, 5.74) is -1.76. The second kappa shape index (κ2) is 3.25. The summed E-state index contributed by atoms with van der Waals surface area (Å²) in [4.78, 5) is 0. The number of benzene rings is 1. The highest BCUT2D eigenvalue weighted by Gasteiger charge is 2.37. The zero-order valence-corrected chi connectivity index (χ0v) is 7.04. The van der Waals surface area contributed by atoms with Crippen LogP contribution in [0.15, 0.2) is 24.3 Å². The van der Waals surface area contributed by atoms with Crippen molar-refractivity contribution >= 4 is 0 Å². The van der Waals surface area contributed by atoms with Crippen LogP contribution in [0.5, 0.6) is 0 Å². The van der Waals surface area contributed by atoms with E-state index < -0.39 is 23.1 Å². The molecule has 0 unspecified atom stereocenters. The molecule has 2 N–H and O–H groups in total. The lowest BCUT2D eigenvalue weighted by Crippen LogP contribution is -2.25. The molecule has 14 heavy (non-hydrogen) atoms. The number of alkyl halides is 3. The Labute approximate surface area is 78.6 Å². The number of hydrogen-bond acceptors (Lipinski definition) is 2. The first-order chi connectivity index (χ1) is 6.23. The van der Waals surface area contributed by atoms with Crippen LogP contribution in [0.2, 0.25) is 0 Å².